The number of carbonyl (C=O) groups is 1. The van der Waals surface area contributed by atoms with Gasteiger partial charge in [0.1, 0.15) is 5.82 Å². The van der Waals surface area contributed by atoms with Crippen LogP contribution in [0.3, 0.4) is 0 Å². The van der Waals surface area contributed by atoms with Gasteiger partial charge >= 0.3 is 0 Å². The summed E-state index contributed by atoms with van der Waals surface area (Å²) in [6.07, 6.45) is 1.60. The van der Waals surface area contributed by atoms with E-state index >= 15 is 0 Å². The molecule has 0 radical (unpaired) electrons. The number of hydrogen-bond donors (Lipinski definition) is 3. The van der Waals surface area contributed by atoms with Crippen molar-refractivity contribution in [2.45, 2.75) is 20.8 Å². The van der Waals surface area contributed by atoms with Crippen molar-refractivity contribution in [2.24, 2.45) is 0 Å². The van der Waals surface area contributed by atoms with Crippen LogP contribution in [0.4, 0.5) is 17.5 Å². The number of benzene rings is 2. The van der Waals surface area contributed by atoms with Crippen LogP contribution in [0, 0.1) is 20.8 Å². The van der Waals surface area contributed by atoms with Gasteiger partial charge < -0.3 is 16.0 Å². The first-order valence-electron chi connectivity index (χ1n) is 10.8. The summed E-state index contributed by atoms with van der Waals surface area (Å²) in [5, 5.41) is 13.7. The average Bonchev–Trinajstić information content (AvgIpc) is 3.20. The third-order valence-electron chi connectivity index (χ3n) is 5.13. The number of rotatable bonds is 8. The Morgan fingerprint density at radius 1 is 0.939 bits per heavy atom. The fourth-order valence-electron chi connectivity index (χ4n) is 3.40. The Bertz CT molecular complexity index is 1230. The zero-order valence-corrected chi connectivity index (χ0v) is 19.0. The van der Waals surface area contributed by atoms with Crippen molar-refractivity contribution in [2.75, 3.05) is 23.7 Å². The summed E-state index contributed by atoms with van der Waals surface area (Å²) in [6, 6.07) is 19.7. The lowest BCUT2D eigenvalue weighted by molar-refractivity contribution is 0.0954. The van der Waals surface area contributed by atoms with Crippen LogP contribution in [0.2, 0.25) is 0 Å². The molecule has 0 bridgehead atoms. The number of amides is 1. The number of nitrogens with one attached hydrogen (secondary N) is 3. The van der Waals surface area contributed by atoms with E-state index in [2.05, 4.69) is 37.9 Å². The molecule has 4 aromatic rings. The molecule has 8 heteroatoms. The van der Waals surface area contributed by atoms with Gasteiger partial charge in [0.15, 0.2) is 0 Å². The van der Waals surface area contributed by atoms with Crippen LogP contribution in [-0.2, 0) is 0 Å². The van der Waals surface area contributed by atoms with Gasteiger partial charge in [0, 0.05) is 30.5 Å². The standard InChI is InChI=1S/C25H27N7O/c1-17-9-11-20(12-10-17)30-23-15-18(2)29-25(31-23)27-14-13-26-24(33)22-16-28-32(19(22)3)21-7-5-4-6-8-21/h4-12,15-16H,13-14H2,1-3H3,(H,26,33)(H2,27,29,30,31). The molecule has 8 nitrogen and oxygen atoms in total. The highest BCUT2D eigenvalue weighted by atomic mass is 16.1. The maximum absolute atomic E-state index is 12.6. The maximum atomic E-state index is 12.6. The van der Waals surface area contributed by atoms with E-state index in [0.29, 0.717) is 30.4 Å². The minimum absolute atomic E-state index is 0.164. The van der Waals surface area contributed by atoms with Gasteiger partial charge in [0.2, 0.25) is 5.95 Å². The highest BCUT2D eigenvalue weighted by Crippen LogP contribution is 2.17. The molecule has 0 saturated heterocycles. The first-order valence-corrected chi connectivity index (χ1v) is 10.8. The molecule has 0 spiro atoms. The van der Waals surface area contributed by atoms with Gasteiger partial charge in [-0.2, -0.15) is 10.1 Å². The van der Waals surface area contributed by atoms with Crippen LogP contribution in [0.1, 0.15) is 27.3 Å². The fraction of sp³-hybridized carbons (Fsp3) is 0.200. The topological polar surface area (TPSA) is 96.8 Å². The number of aromatic nitrogens is 4. The second kappa shape index (κ2) is 9.95. The van der Waals surface area contributed by atoms with Crippen molar-refractivity contribution in [3.05, 3.63) is 89.4 Å². The second-order valence-corrected chi connectivity index (χ2v) is 7.78. The molecule has 0 aliphatic carbocycles. The number of aryl methyl sites for hydroxylation is 2. The quantitative estimate of drug-likeness (QED) is 0.355. The van der Waals surface area contributed by atoms with Crippen molar-refractivity contribution in [3.8, 4) is 5.69 Å². The summed E-state index contributed by atoms with van der Waals surface area (Å²) in [5.41, 5.74) is 5.27. The normalized spacial score (nSPS) is 10.6. The number of para-hydroxylation sites is 1. The van der Waals surface area contributed by atoms with Crippen LogP contribution in [0.15, 0.2) is 66.9 Å². The van der Waals surface area contributed by atoms with Gasteiger partial charge in [-0.3, -0.25) is 4.79 Å². The monoisotopic (exact) mass is 441 g/mol. The van der Waals surface area contributed by atoms with Gasteiger partial charge in [-0.05, 0) is 45.0 Å². The number of carbonyl (C=O) groups excluding carboxylic acids is 1. The third-order valence-corrected chi connectivity index (χ3v) is 5.13. The summed E-state index contributed by atoms with van der Waals surface area (Å²) in [7, 11) is 0. The van der Waals surface area contributed by atoms with Crippen molar-refractivity contribution in [1.29, 1.82) is 0 Å². The van der Waals surface area contributed by atoms with E-state index in [1.807, 2.05) is 74.5 Å². The minimum atomic E-state index is -0.164. The van der Waals surface area contributed by atoms with Crippen molar-refractivity contribution < 1.29 is 4.79 Å². The molecule has 168 valence electrons. The van der Waals surface area contributed by atoms with E-state index in [4.69, 9.17) is 0 Å². The van der Waals surface area contributed by atoms with Gasteiger partial charge in [-0.1, -0.05) is 35.9 Å². The molecule has 0 aliphatic rings. The Labute approximate surface area is 193 Å². The Kier molecular flexibility index (Phi) is 6.64. The van der Waals surface area contributed by atoms with Crippen LogP contribution in [-0.4, -0.2) is 38.7 Å². The molecular weight excluding hydrogens is 414 g/mol. The zero-order chi connectivity index (χ0) is 23.2. The van der Waals surface area contributed by atoms with Gasteiger partial charge in [-0.15, -0.1) is 0 Å². The lowest BCUT2D eigenvalue weighted by Crippen LogP contribution is -2.29. The number of hydrogen-bond acceptors (Lipinski definition) is 6. The molecule has 1 amide bonds. The van der Waals surface area contributed by atoms with Crippen LogP contribution < -0.4 is 16.0 Å². The molecule has 3 N–H and O–H groups in total. The summed E-state index contributed by atoms with van der Waals surface area (Å²) < 4.78 is 1.76. The third kappa shape index (κ3) is 5.54. The second-order valence-electron chi connectivity index (χ2n) is 7.78. The molecular formula is C25H27N7O. The molecule has 4 rings (SSSR count). The largest absolute Gasteiger partial charge is 0.352 e. The molecule has 2 aromatic carbocycles. The first kappa shape index (κ1) is 22.0. The number of anilines is 3. The Morgan fingerprint density at radius 3 is 2.45 bits per heavy atom. The molecule has 0 aliphatic heterocycles. The molecule has 2 heterocycles. The summed E-state index contributed by atoms with van der Waals surface area (Å²) >= 11 is 0. The lowest BCUT2D eigenvalue weighted by Gasteiger charge is -2.11. The van der Waals surface area contributed by atoms with Crippen molar-refractivity contribution in [3.63, 3.8) is 0 Å². The number of nitrogens with zero attached hydrogens (tertiary/aromatic N) is 4. The summed E-state index contributed by atoms with van der Waals surface area (Å²) in [5.74, 6) is 1.05. The Morgan fingerprint density at radius 2 is 1.70 bits per heavy atom. The predicted octanol–water partition coefficient (Wildman–Crippen LogP) is 4.17. The predicted molar refractivity (Wildman–Crippen MR) is 130 cm³/mol. The fourth-order valence-corrected chi connectivity index (χ4v) is 3.40. The Hall–Kier alpha value is -4.20. The van der Waals surface area contributed by atoms with Crippen molar-refractivity contribution >= 4 is 23.4 Å². The minimum Gasteiger partial charge on any atom is -0.352 e. The van der Waals surface area contributed by atoms with Crippen molar-refractivity contribution in [1.82, 2.24) is 25.1 Å². The van der Waals surface area contributed by atoms with E-state index in [1.54, 1.807) is 10.9 Å². The van der Waals surface area contributed by atoms with E-state index in [0.717, 1.165) is 22.8 Å². The van der Waals surface area contributed by atoms with Crippen LogP contribution in [0.5, 0.6) is 0 Å². The van der Waals surface area contributed by atoms with Gasteiger partial charge in [0.05, 0.1) is 23.1 Å². The maximum Gasteiger partial charge on any atom is 0.254 e. The SMILES string of the molecule is Cc1ccc(Nc2cc(C)nc(NCCNC(=O)c3cnn(-c4ccccc4)c3C)n2)cc1. The van der Waals surface area contributed by atoms with E-state index in [1.165, 1.54) is 5.56 Å². The molecule has 33 heavy (non-hydrogen) atoms. The zero-order valence-electron chi connectivity index (χ0n) is 19.0. The van der Waals surface area contributed by atoms with Crippen LogP contribution in [0.25, 0.3) is 5.69 Å². The van der Waals surface area contributed by atoms with Crippen LogP contribution >= 0.6 is 0 Å². The summed E-state index contributed by atoms with van der Waals surface area (Å²) in [4.78, 5) is 21.6. The Balaban J connectivity index is 1.32. The van der Waals surface area contributed by atoms with E-state index in [9.17, 15) is 4.79 Å². The average molecular weight is 442 g/mol. The van der Waals surface area contributed by atoms with Gasteiger partial charge in [-0.25, -0.2) is 9.67 Å². The molecule has 2 aromatic heterocycles. The first-order chi connectivity index (χ1) is 16.0. The lowest BCUT2D eigenvalue weighted by atomic mass is 10.2. The molecule has 0 atom stereocenters. The smallest absolute Gasteiger partial charge is 0.254 e. The molecule has 0 fully saturated rings. The van der Waals surface area contributed by atoms with E-state index < -0.39 is 0 Å². The van der Waals surface area contributed by atoms with Gasteiger partial charge in [0.25, 0.3) is 5.91 Å². The molecule has 0 saturated carbocycles. The van der Waals surface area contributed by atoms with E-state index in [-0.39, 0.29) is 5.91 Å². The highest BCUT2D eigenvalue weighted by Gasteiger charge is 2.14. The summed E-state index contributed by atoms with van der Waals surface area (Å²) in [6.45, 7) is 6.77. The highest BCUT2D eigenvalue weighted by molar-refractivity contribution is 5.95. The molecule has 0 unspecified atom stereocenters.